The third kappa shape index (κ3) is 6.33. The van der Waals surface area contributed by atoms with Gasteiger partial charge in [-0.3, -0.25) is 9.69 Å². The smallest absolute Gasteiger partial charge is 0.305 e. The first-order chi connectivity index (χ1) is 19.4. The van der Waals surface area contributed by atoms with E-state index >= 15 is 0 Å². The number of nitrogens with one attached hydrogen (secondary N) is 1. The van der Waals surface area contributed by atoms with Gasteiger partial charge in [-0.25, -0.2) is 15.0 Å². The van der Waals surface area contributed by atoms with Crippen molar-refractivity contribution in [3.05, 3.63) is 58.3 Å². The summed E-state index contributed by atoms with van der Waals surface area (Å²) in [4.78, 5) is 30.2. The first kappa shape index (κ1) is 27.2. The Morgan fingerprint density at radius 2 is 1.80 bits per heavy atom. The van der Waals surface area contributed by atoms with Crippen molar-refractivity contribution in [2.75, 3.05) is 44.7 Å². The van der Waals surface area contributed by atoms with Crippen LogP contribution in [0.4, 0.5) is 5.95 Å². The number of anilines is 1. The number of nitrogens with zero attached hydrogens (tertiary/aromatic N) is 5. The van der Waals surface area contributed by atoms with Crippen LogP contribution in [0.5, 0.6) is 11.6 Å². The van der Waals surface area contributed by atoms with Gasteiger partial charge < -0.3 is 19.7 Å². The number of fused-ring (bicyclic) bond motifs is 1. The van der Waals surface area contributed by atoms with E-state index in [0.717, 1.165) is 74.9 Å². The molecule has 3 aromatic rings. The van der Waals surface area contributed by atoms with Crippen molar-refractivity contribution in [2.45, 2.75) is 31.8 Å². The molecule has 3 saturated heterocycles. The molecule has 0 spiro atoms. The average molecular weight is 584 g/mol. The van der Waals surface area contributed by atoms with E-state index in [-0.39, 0.29) is 5.97 Å². The number of likely N-dealkylation sites (tertiary alicyclic amines) is 1. The predicted octanol–water partition coefficient (Wildman–Crippen LogP) is 4.82. The van der Waals surface area contributed by atoms with E-state index in [1.54, 1.807) is 18.5 Å². The molecule has 9 nitrogen and oxygen atoms in total. The highest BCUT2D eigenvalue weighted by Gasteiger charge is 2.39. The Hall–Kier alpha value is -2.98. The Bertz CT molecular complexity index is 1330. The summed E-state index contributed by atoms with van der Waals surface area (Å²) >= 11 is 12.6. The normalized spacial score (nSPS) is 21.1. The molecule has 3 aliphatic heterocycles. The van der Waals surface area contributed by atoms with Crippen LogP contribution in [0.15, 0.2) is 42.7 Å². The van der Waals surface area contributed by atoms with Crippen LogP contribution in [0.2, 0.25) is 10.0 Å². The topological polar surface area (TPSA) is 92.7 Å². The molecule has 2 unspecified atom stereocenters. The number of piperidine rings is 1. The summed E-state index contributed by atoms with van der Waals surface area (Å²) in [5, 5.41) is 4.54. The van der Waals surface area contributed by atoms with Crippen molar-refractivity contribution >= 4 is 35.1 Å². The van der Waals surface area contributed by atoms with Crippen molar-refractivity contribution in [1.82, 2.24) is 25.2 Å². The lowest BCUT2D eigenvalue weighted by atomic mass is 9.93. The molecule has 0 amide bonds. The van der Waals surface area contributed by atoms with E-state index in [1.807, 2.05) is 24.3 Å². The number of methoxy groups -OCH3 is 1. The quantitative estimate of drug-likeness (QED) is 0.375. The molecule has 0 saturated carbocycles. The molecule has 0 radical (unpaired) electrons. The van der Waals surface area contributed by atoms with Crippen LogP contribution in [0.25, 0.3) is 11.3 Å². The van der Waals surface area contributed by atoms with Crippen LogP contribution >= 0.6 is 23.2 Å². The highest BCUT2D eigenvalue weighted by Crippen LogP contribution is 2.32. The molecule has 5 heterocycles. The van der Waals surface area contributed by atoms with E-state index in [4.69, 9.17) is 37.7 Å². The number of hydrogen-bond donors (Lipinski definition) is 1. The molecule has 6 rings (SSSR count). The minimum absolute atomic E-state index is 0.138. The first-order valence-corrected chi connectivity index (χ1v) is 14.4. The number of aromatic nitrogens is 3. The standard InChI is InChI=1S/C29H32Cl2N6O3/c1-39-28(38)8-18-2-4-36(5-3-18)15-19-6-25(20-9-22(30)11-23(31)10-20)35-27(7-19)40-24-13-33-29(34-14-24)37-16-21-12-32-26(21)17-37/h6-7,9-11,13-14,18,21,26,32H,2-5,8,12,15-17H2,1H3. The van der Waals surface area contributed by atoms with Crippen molar-refractivity contribution in [3.63, 3.8) is 0 Å². The Balaban J connectivity index is 1.19. The molecular formula is C29H32Cl2N6O3. The third-order valence-electron chi connectivity index (χ3n) is 8.02. The van der Waals surface area contributed by atoms with Crippen LogP contribution in [0, 0.1) is 11.8 Å². The molecule has 40 heavy (non-hydrogen) atoms. The molecule has 3 fully saturated rings. The van der Waals surface area contributed by atoms with Gasteiger partial charge in [0.15, 0.2) is 5.75 Å². The van der Waals surface area contributed by atoms with Gasteiger partial charge in [-0.2, -0.15) is 0 Å². The van der Waals surface area contributed by atoms with Gasteiger partial charge in [0, 0.05) is 66.2 Å². The molecule has 2 atom stereocenters. The summed E-state index contributed by atoms with van der Waals surface area (Å²) in [6, 6.07) is 9.93. The van der Waals surface area contributed by atoms with Crippen molar-refractivity contribution in [2.24, 2.45) is 11.8 Å². The predicted molar refractivity (Wildman–Crippen MR) is 154 cm³/mol. The molecule has 210 valence electrons. The number of ether oxygens (including phenoxy) is 2. The molecule has 0 bridgehead atoms. The number of hydrogen-bond acceptors (Lipinski definition) is 9. The van der Waals surface area contributed by atoms with Crippen LogP contribution in [-0.2, 0) is 16.1 Å². The second-order valence-corrected chi connectivity index (χ2v) is 11.7. The number of halogens is 2. The zero-order chi connectivity index (χ0) is 27.6. The maximum absolute atomic E-state index is 11.7. The van der Waals surface area contributed by atoms with Crippen molar-refractivity contribution in [1.29, 1.82) is 0 Å². The number of carbonyl (C=O) groups excluding carboxylic acids is 1. The fourth-order valence-corrected chi connectivity index (χ4v) is 6.27. The Kier molecular flexibility index (Phi) is 8.07. The second-order valence-electron chi connectivity index (χ2n) is 10.9. The van der Waals surface area contributed by atoms with Gasteiger partial charge in [0.05, 0.1) is 25.2 Å². The molecule has 0 aliphatic carbocycles. The van der Waals surface area contributed by atoms with Gasteiger partial charge in [0.2, 0.25) is 11.8 Å². The van der Waals surface area contributed by atoms with Gasteiger partial charge in [-0.1, -0.05) is 23.2 Å². The molecule has 2 aromatic heterocycles. The van der Waals surface area contributed by atoms with Crippen LogP contribution in [-0.4, -0.2) is 71.7 Å². The molecule has 1 N–H and O–H groups in total. The highest BCUT2D eigenvalue weighted by molar-refractivity contribution is 6.35. The van der Waals surface area contributed by atoms with E-state index in [0.29, 0.717) is 46.0 Å². The van der Waals surface area contributed by atoms with E-state index in [2.05, 4.69) is 25.1 Å². The number of rotatable bonds is 8. The number of carbonyl (C=O) groups is 1. The molecular weight excluding hydrogens is 551 g/mol. The largest absolute Gasteiger partial charge is 0.469 e. The third-order valence-corrected chi connectivity index (χ3v) is 8.46. The lowest BCUT2D eigenvalue weighted by Gasteiger charge is -2.31. The van der Waals surface area contributed by atoms with E-state index in [9.17, 15) is 4.79 Å². The van der Waals surface area contributed by atoms with E-state index < -0.39 is 0 Å². The van der Waals surface area contributed by atoms with Gasteiger partial charge in [0.25, 0.3) is 0 Å². The minimum Gasteiger partial charge on any atom is -0.469 e. The molecule has 3 aliphatic rings. The maximum atomic E-state index is 11.7. The summed E-state index contributed by atoms with van der Waals surface area (Å²) in [5.74, 6) is 2.59. The summed E-state index contributed by atoms with van der Waals surface area (Å²) in [7, 11) is 1.44. The summed E-state index contributed by atoms with van der Waals surface area (Å²) in [5.41, 5.74) is 2.58. The van der Waals surface area contributed by atoms with E-state index in [1.165, 1.54) is 7.11 Å². The SMILES string of the molecule is COC(=O)CC1CCN(Cc2cc(Oc3cnc(N4CC5CNC5C4)nc3)nc(-c3cc(Cl)cc(Cl)c3)c2)CC1. The first-order valence-electron chi connectivity index (χ1n) is 13.7. The zero-order valence-corrected chi connectivity index (χ0v) is 23.9. The zero-order valence-electron chi connectivity index (χ0n) is 22.4. The summed E-state index contributed by atoms with van der Waals surface area (Å²) in [6.45, 7) is 5.51. The van der Waals surface area contributed by atoms with Crippen molar-refractivity contribution in [3.8, 4) is 22.9 Å². The monoisotopic (exact) mass is 582 g/mol. The number of esters is 1. The van der Waals surface area contributed by atoms with Crippen LogP contribution in [0.3, 0.4) is 0 Å². The van der Waals surface area contributed by atoms with Gasteiger partial charge in [-0.15, -0.1) is 0 Å². The minimum atomic E-state index is -0.138. The fraction of sp³-hybridized carbons (Fsp3) is 0.448. The Morgan fingerprint density at radius 3 is 2.42 bits per heavy atom. The lowest BCUT2D eigenvalue weighted by Crippen LogP contribution is -2.51. The van der Waals surface area contributed by atoms with Gasteiger partial charge in [0.1, 0.15) is 0 Å². The Morgan fingerprint density at radius 1 is 1.05 bits per heavy atom. The average Bonchev–Trinajstić information content (AvgIpc) is 3.23. The van der Waals surface area contributed by atoms with Crippen molar-refractivity contribution < 1.29 is 14.3 Å². The fourth-order valence-electron chi connectivity index (χ4n) is 5.74. The Labute approximate surface area is 243 Å². The number of benzene rings is 1. The maximum Gasteiger partial charge on any atom is 0.305 e. The second kappa shape index (κ2) is 11.9. The molecule has 1 aromatic carbocycles. The summed E-state index contributed by atoms with van der Waals surface area (Å²) < 4.78 is 11.0. The van der Waals surface area contributed by atoms with Crippen LogP contribution < -0.4 is 15.0 Å². The van der Waals surface area contributed by atoms with Gasteiger partial charge in [-0.05, 0) is 61.7 Å². The van der Waals surface area contributed by atoms with Crippen LogP contribution in [0.1, 0.15) is 24.8 Å². The summed E-state index contributed by atoms with van der Waals surface area (Å²) in [6.07, 6.45) is 5.80. The molecule has 11 heteroatoms. The highest BCUT2D eigenvalue weighted by atomic mass is 35.5. The lowest BCUT2D eigenvalue weighted by molar-refractivity contribution is -0.142. The van der Waals surface area contributed by atoms with Gasteiger partial charge >= 0.3 is 5.97 Å². The number of pyridine rings is 1.